The molecule has 0 aliphatic carbocycles. The molecule has 10 nitrogen and oxygen atoms in total. The Morgan fingerprint density at radius 2 is 2.09 bits per heavy atom. The Morgan fingerprint density at radius 3 is 2.79 bits per heavy atom. The van der Waals surface area contributed by atoms with E-state index < -0.39 is 16.5 Å². The van der Waals surface area contributed by atoms with Crippen LogP contribution < -0.4 is 11.1 Å². The predicted octanol–water partition coefficient (Wildman–Crippen LogP) is 3.23. The van der Waals surface area contributed by atoms with E-state index in [9.17, 15) is 24.1 Å². The van der Waals surface area contributed by atoms with Crippen molar-refractivity contribution in [2.75, 3.05) is 0 Å². The van der Waals surface area contributed by atoms with E-state index in [0.29, 0.717) is 29.0 Å². The first-order valence-corrected chi connectivity index (χ1v) is 10.2. The second-order valence-electron chi connectivity index (χ2n) is 7.44. The van der Waals surface area contributed by atoms with Crippen molar-refractivity contribution in [1.82, 2.24) is 19.4 Å². The summed E-state index contributed by atoms with van der Waals surface area (Å²) in [6, 6.07) is 8.66. The third kappa shape index (κ3) is 4.66. The van der Waals surface area contributed by atoms with E-state index in [-0.39, 0.29) is 36.7 Å². The summed E-state index contributed by atoms with van der Waals surface area (Å²) >= 11 is 0. The molecular formula is C22H20FN5O5. The summed E-state index contributed by atoms with van der Waals surface area (Å²) < 4.78 is 22.5. The van der Waals surface area contributed by atoms with Crippen LogP contribution in [-0.4, -0.2) is 24.9 Å². The normalized spacial score (nSPS) is 11.1. The molecule has 0 atom stereocenters. The molecule has 0 saturated carbocycles. The van der Waals surface area contributed by atoms with Gasteiger partial charge in [0, 0.05) is 38.0 Å². The van der Waals surface area contributed by atoms with Crippen LogP contribution in [0.2, 0.25) is 0 Å². The van der Waals surface area contributed by atoms with Gasteiger partial charge in [-0.3, -0.25) is 19.5 Å². The average molecular weight is 453 g/mol. The number of nitrogens with one attached hydrogen (secondary N) is 1. The molecule has 170 valence electrons. The highest BCUT2D eigenvalue weighted by Gasteiger charge is 2.14. The number of carbonyl (C=O) groups excluding carboxylic acids is 1. The van der Waals surface area contributed by atoms with Gasteiger partial charge in [0.25, 0.3) is 5.69 Å². The second kappa shape index (κ2) is 9.07. The number of non-ortho nitro benzene ring substituents is 1. The first-order chi connectivity index (χ1) is 15.8. The maximum Gasteiger partial charge on any atom is 0.419 e. The quantitative estimate of drug-likeness (QED) is 0.323. The van der Waals surface area contributed by atoms with Crippen molar-refractivity contribution in [3.05, 3.63) is 86.7 Å². The molecule has 1 N–H and O–H groups in total. The molecule has 2 heterocycles. The molecule has 2 aromatic heterocycles. The molecule has 1 amide bonds. The Balaban J connectivity index is 1.32. The van der Waals surface area contributed by atoms with Crippen LogP contribution in [0.15, 0.2) is 58.0 Å². The molecule has 0 radical (unpaired) electrons. The topological polar surface area (TPSA) is 125 Å². The van der Waals surface area contributed by atoms with Gasteiger partial charge in [0.1, 0.15) is 11.6 Å². The third-order valence-electron chi connectivity index (χ3n) is 5.24. The van der Waals surface area contributed by atoms with Crippen molar-refractivity contribution in [1.29, 1.82) is 0 Å². The fourth-order valence-corrected chi connectivity index (χ4v) is 3.56. The van der Waals surface area contributed by atoms with Gasteiger partial charge in [0.2, 0.25) is 5.91 Å². The van der Waals surface area contributed by atoms with Crippen LogP contribution >= 0.6 is 0 Å². The maximum atomic E-state index is 14.5. The van der Waals surface area contributed by atoms with E-state index in [1.54, 1.807) is 36.0 Å². The van der Waals surface area contributed by atoms with Crippen molar-refractivity contribution in [2.45, 2.75) is 32.9 Å². The number of aromatic nitrogens is 3. The molecule has 11 heteroatoms. The van der Waals surface area contributed by atoms with E-state index in [4.69, 9.17) is 4.42 Å². The van der Waals surface area contributed by atoms with Crippen LogP contribution in [-0.2, 0) is 17.9 Å². The van der Waals surface area contributed by atoms with Crippen molar-refractivity contribution in [3.8, 4) is 5.69 Å². The zero-order valence-electron chi connectivity index (χ0n) is 17.7. The summed E-state index contributed by atoms with van der Waals surface area (Å²) in [5, 5.41) is 13.6. The summed E-state index contributed by atoms with van der Waals surface area (Å²) in [5.74, 6) is -0.650. The molecule has 4 aromatic rings. The molecule has 0 aliphatic heterocycles. The minimum Gasteiger partial charge on any atom is -0.407 e. The molecule has 0 saturated heterocycles. The van der Waals surface area contributed by atoms with Crippen molar-refractivity contribution in [2.24, 2.45) is 0 Å². The zero-order chi connectivity index (χ0) is 23.5. The molecule has 0 fully saturated rings. The lowest BCUT2D eigenvalue weighted by atomic mass is 10.2. The van der Waals surface area contributed by atoms with Crippen LogP contribution in [0.1, 0.15) is 24.2 Å². The van der Waals surface area contributed by atoms with Gasteiger partial charge in [-0.2, -0.15) is 0 Å². The predicted molar refractivity (Wildman–Crippen MR) is 116 cm³/mol. The molecule has 2 aromatic carbocycles. The van der Waals surface area contributed by atoms with Crippen molar-refractivity contribution in [3.63, 3.8) is 0 Å². The number of hydrogen-bond donors (Lipinski definition) is 1. The first kappa shape index (κ1) is 21.9. The van der Waals surface area contributed by atoms with Gasteiger partial charge in [-0.1, -0.05) is 6.07 Å². The minimum absolute atomic E-state index is 0.120. The van der Waals surface area contributed by atoms with E-state index in [0.717, 1.165) is 0 Å². The number of carbonyl (C=O) groups is 1. The highest BCUT2D eigenvalue weighted by molar-refractivity contribution is 5.76. The van der Waals surface area contributed by atoms with E-state index in [2.05, 4.69) is 10.3 Å². The summed E-state index contributed by atoms with van der Waals surface area (Å²) in [6.45, 7) is 2.15. The lowest BCUT2D eigenvalue weighted by molar-refractivity contribution is -0.384. The molecule has 0 unspecified atom stereocenters. The fraction of sp³-hybridized carbons (Fsp3) is 0.227. The smallest absolute Gasteiger partial charge is 0.407 e. The number of rotatable bonds is 8. The number of imidazole rings is 1. The van der Waals surface area contributed by atoms with Crippen LogP contribution in [0.25, 0.3) is 16.8 Å². The van der Waals surface area contributed by atoms with Crippen LogP contribution in [0.3, 0.4) is 0 Å². The lowest BCUT2D eigenvalue weighted by Gasteiger charge is -2.10. The number of oxazole rings is 1. The van der Waals surface area contributed by atoms with Crippen LogP contribution in [0.4, 0.5) is 10.1 Å². The average Bonchev–Trinajstić information content (AvgIpc) is 3.34. The summed E-state index contributed by atoms with van der Waals surface area (Å²) in [5.41, 5.74) is 1.36. The van der Waals surface area contributed by atoms with Crippen molar-refractivity contribution < 1.29 is 18.5 Å². The fourth-order valence-electron chi connectivity index (χ4n) is 3.56. The number of nitro groups is 1. The summed E-state index contributed by atoms with van der Waals surface area (Å²) in [4.78, 5) is 38.6. The summed E-state index contributed by atoms with van der Waals surface area (Å²) in [7, 11) is 0. The largest absolute Gasteiger partial charge is 0.419 e. The number of benzene rings is 2. The van der Waals surface area contributed by atoms with E-state index in [1.807, 2.05) is 0 Å². The third-order valence-corrected chi connectivity index (χ3v) is 5.24. The number of nitrogens with zero attached hydrogens (tertiary/aromatic N) is 4. The number of hydrogen-bond acceptors (Lipinski definition) is 6. The van der Waals surface area contributed by atoms with Crippen molar-refractivity contribution >= 4 is 22.7 Å². The minimum atomic E-state index is -0.644. The molecule has 0 bridgehead atoms. The second-order valence-corrected chi connectivity index (χ2v) is 7.44. The highest BCUT2D eigenvalue weighted by atomic mass is 19.1. The van der Waals surface area contributed by atoms with Gasteiger partial charge in [-0.15, -0.1) is 0 Å². The Hall–Kier alpha value is -4.28. The molecule has 0 spiro atoms. The Morgan fingerprint density at radius 1 is 1.27 bits per heavy atom. The molecule has 0 aliphatic rings. The molecule has 4 rings (SSSR count). The van der Waals surface area contributed by atoms with Gasteiger partial charge < -0.3 is 14.3 Å². The van der Waals surface area contributed by atoms with Gasteiger partial charge in [-0.25, -0.2) is 14.2 Å². The SMILES string of the molecule is Cc1nccn1-c1ccc(CNC(=O)CCCn2c(=O)oc3cc([N+](=O)[O-])ccc32)cc1F. The number of halogens is 1. The van der Waals surface area contributed by atoms with E-state index >= 15 is 0 Å². The highest BCUT2D eigenvalue weighted by Crippen LogP contribution is 2.20. The summed E-state index contributed by atoms with van der Waals surface area (Å²) in [6.07, 6.45) is 3.75. The Kier molecular flexibility index (Phi) is 6.03. The number of nitro benzene ring substituents is 1. The number of amides is 1. The van der Waals surface area contributed by atoms with Crippen LogP contribution in [0.5, 0.6) is 0 Å². The lowest BCUT2D eigenvalue weighted by Crippen LogP contribution is -2.23. The standard InChI is InChI=1S/C22H20FN5O5/c1-14-24-8-10-26(14)18-6-4-15(11-17(18)23)13-25-21(29)3-2-9-27-19-7-5-16(28(31)32)12-20(19)33-22(27)30/h4-8,10-12H,2-3,9,13H2,1H3,(H,25,29). The number of fused-ring (bicyclic) bond motifs is 1. The van der Waals surface area contributed by atoms with Gasteiger partial charge in [0.15, 0.2) is 5.58 Å². The van der Waals surface area contributed by atoms with E-state index in [1.165, 1.54) is 28.8 Å². The number of aryl methyl sites for hydroxylation is 2. The van der Waals surface area contributed by atoms with Gasteiger partial charge >= 0.3 is 5.76 Å². The monoisotopic (exact) mass is 453 g/mol. The molecular weight excluding hydrogens is 433 g/mol. The van der Waals surface area contributed by atoms with Crippen LogP contribution in [0, 0.1) is 22.9 Å². The van der Waals surface area contributed by atoms with Gasteiger partial charge in [0.05, 0.1) is 22.2 Å². The first-order valence-electron chi connectivity index (χ1n) is 10.2. The zero-order valence-corrected chi connectivity index (χ0v) is 17.7. The Labute approximate surface area is 186 Å². The molecule has 33 heavy (non-hydrogen) atoms. The van der Waals surface area contributed by atoms with Gasteiger partial charge in [-0.05, 0) is 37.1 Å². The maximum absolute atomic E-state index is 14.5. The Bertz CT molecular complexity index is 1400.